The van der Waals surface area contributed by atoms with Gasteiger partial charge in [0.25, 0.3) is 11.5 Å². The summed E-state index contributed by atoms with van der Waals surface area (Å²) in [5.41, 5.74) is 0.746. The molecule has 3 N–H and O–H groups in total. The van der Waals surface area contributed by atoms with Crippen molar-refractivity contribution < 1.29 is 22.8 Å². The SMILES string of the molecule is O=C(Nc1cc(F)c(F)c(F)c1)[C@H]1CCN(C(=O)c2ccc(-c3cn[nH]c(=O)c3)[nH]2)C1. The fourth-order valence-corrected chi connectivity index (χ4v) is 3.41. The molecule has 1 aromatic carbocycles. The molecule has 0 aliphatic carbocycles. The summed E-state index contributed by atoms with van der Waals surface area (Å²) in [6.07, 6.45) is 1.80. The van der Waals surface area contributed by atoms with Crippen LogP contribution in [-0.2, 0) is 4.79 Å². The van der Waals surface area contributed by atoms with E-state index in [-0.39, 0.29) is 29.4 Å². The lowest BCUT2D eigenvalue weighted by Gasteiger charge is -2.16. The first kappa shape index (κ1) is 20.4. The van der Waals surface area contributed by atoms with Crippen molar-refractivity contribution in [2.75, 3.05) is 18.4 Å². The van der Waals surface area contributed by atoms with Crippen molar-refractivity contribution in [3.05, 3.63) is 70.0 Å². The number of benzene rings is 1. The van der Waals surface area contributed by atoms with Crippen molar-refractivity contribution >= 4 is 17.5 Å². The number of hydrogen-bond acceptors (Lipinski definition) is 4. The Balaban J connectivity index is 1.41. The van der Waals surface area contributed by atoms with E-state index in [0.29, 0.717) is 36.4 Å². The topological polar surface area (TPSA) is 111 Å². The van der Waals surface area contributed by atoms with Gasteiger partial charge in [-0.05, 0) is 18.6 Å². The minimum atomic E-state index is -1.61. The number of hydrogen-bond donors (Lipinski definition) is 3. The molecular weight excluding hydrogens is 415 g/mol. The lowest BCUT2D eigenvalue weighted by atomic mass is 10.1. The molecular formula is C20H16F3N5O3. The molecule has 4 rings (SSSR count). The van der Waals surface area contributed by atoms with Crippen LogP contribution >= 0.6 is 0 Å². The van der Waals surface area contributed by atoms with Gasteiger partial charge in [-0.25, -0.2) is 18.3 Å². The second-order valence-corrected chi connectivity index (χ2v) is 7.10. The third kappa shape index (κ3) is 4.20. The van der Waals surface area contributed by atoms with Crippen LogP contribution in [-0.4, -0.2) is 45.0 Å². The predicted octanol–water partition coefficient (Wildman–Crippen LogP) is 2.28. The van der Waals surface area contributed by atoms with Crippen LogP contribution in [0.3, 0.4) is 0 Å². The first-order chi connectivity index (χ1) is 14.8. The van der Waals surface area contributed by atoms with Crippen LogP contribution < -0.4 is 10.9 Å². The highest BCUT2D eigenvalue weighted by atomic mass is 19.2. The number of H-pyrrole nitrogens is 2. The minimum Gasteiger partial charge on any atom is -0.350 e. The first-order valence-electron chi connectivity index (χ1n) is 9.30. The summed E-state index contributed by atoms with van der Waals surface area (Å²) in [6, 6.07) is 5.93. The summed E-state index contributed by atoms with van der Waals surface area (Å²) in [7, 11) is 0. The van der Waals surface area contributed by atoms with Crippen molar-refractivity contribution in [1.29, 1.82) is 0 Å². The molecule has 2 amide bonds. The van der Waals surface area contributed by atoms with Crippen molar-refractivity contribution in [3.8, 4) is 11.3 Å². The lowest BCUT2D eigenvalue weighted by molar-refractivity contribution is -0.119. The second-order valence-electron chi connectivity index (χ2n) is 7.10. The molecule has 3 aromatic rings. The number of aromatic amines is 2. The van der Waals surface area contributed by atoms with Crippen LogP contribution in [0.1, 0.15) is 16.9 Å². The van der Waals surface area contributed by atoms with Gasteiger partial charge in [0.15, 0.2) is 17.5 Å². The zero-order chi connectivity index (χ0) is 22.1. The van der Waals surface area contributed by atoms with E-state index >= 15 is 0 Å². The molecule has 1 saturated heterocycles. The lowest BCUT2D eigenvalue weighted by Crippen LogP contribution is -2.31. The van der Waals surface area contributed by atoms with Gasteiger partial charge in [-0.1, -0.05) is 0 Å². The fraction of sp³-hybridized carbons (Fsp3) is 0.200. The number of likely N-dealkylation sites (tertiary alicyclic amines) is 1. The quantitative estimate of drug-likeness (QED) is 0.551. The van der Waals surface area contributed by atoms with Gasteiger partial charge < -0.3 is 15.2 Å². The first-order valence-corrected chi connectivity index (χ1v) is 9.30. The molecule has 1 fully saturated rings. The minimum absolute atomic E-state index is 0.109. The number of carbonyl (C=O) groups excluding carboxylic acids is 2. The van der Waals surface area contributed by atoms with Gasteiger partial charge in [0.1, 0.15) is 5.69 Å². The van der Waals surface area contributed by atoms with Gasteiger partial charge >= 0.3 is 0 Å². The Morgan fingerprint density at radius 1 is 1.13 bits per heavy atom. The molecule has 2 aromatic heterocycles. The standard InChI is InChI=1S/C20H16F3N5O3/c21-13-6-12(7-14(22)18(13)23)25-19(30)10-3-4-28(9-10)20(31)16-2-1-15(26-16)11-5-17(29)27-24-8-11/h1-2,5-8,10,26H,3-4,9H2,(H,25,30)(H,27,29)/t10-/m0/s1. The molecule has 0 unspecified atom stereocenters. The van der Waals surface area contributed by atoms with Gasteiger partial charge in [0.2, 0.25) is 5.91 Å². The van der Waals surface area contributed by atoms with Crippen molar-refractivity contribution in [1.82, 2.24) is 20.1 Å². The number of amides is 2. The Kier molecular flexibility index (Phi) is 5.32. The van der Waals surface area contributed by atoms with Crippen molar-refractivity contribution in [3.63, 3.8) is 0 Å². The Morgan fingerprint density at radius 3 is 2.58 bits per heavy atom. The van der Waals surface area contributed by atoms with E-state index in [2.05, 4.69) is 20.5 Å². The van der Waals surface area contributed by atoms with E-state index in [1.807, 2.05) is 0 Å². The Bertz CT molecular complexity index is 1200. The van der Waals surface area contributed by atoms with Gasteiger partial charge in [-0.15, -0.1) is 0 Å². The molecule has 0 bridgehead atoms. The fourth-order valence-electron chi connectivity index (χ4n) is 3.41. The number of rotatable bonds is 4. The molecule has 0 saturated carbocycles. The average molecular weight is 431 g/mol. The Labute approximate surface area is 173 Å². The summed E-state index contributed by atoms with van der Waals surface area (Å²) in [4.78, 5) is 41.0. The monoisotopic (exact) mass is 431 g/mol. The molecule has 31 heavy (non-hydrogen) atoms. The average Bonchev–Trinajstić information content (AvgIpc) is 3.41. The molecule has 3 heterocycles. The van der Waals surface area contributed by atoms with Crippen LogP contribution in [0.25, 0.3) is 11.3 Å². The Morgan fingerprint density at radius 2 is 1.87 bits per heavy atom. The van der Waals surface area contributed by atoms with Gasteiger partial charge in [0, 0.05) is 48.2 Å². The van der Waals surface area contributed by atoms with Gasteiger partial charge in [0.05, 0.1) is 12.1 Å². The number of aromatic nitrogens is 3. The molecule has 8 nitrogen and oxygen atoms in total. The maximum Gasteiger partial charge on any atom is 0.270 e. The third-order valence-corrected chi connectivity index (χ3v) is 4.99. The van der Waals surface area contributed by atoms with Gasteiger partial charge in [-0.2, -0.15) is 5.10 Å². The molecule has 0 spiro atoms. The third-order valence-electron chi connectivity index (χ3n) is 4.99. The molecule has 0 radical (unpaired) electrons. The van der Waals surface area contributed by atoms with E-state index in [4.69, 9.17) is 0 Å². The maximum absolute atomic E-state index is 13.3. The summed E-state index contributed by atoms with van der Waals surface area (Å²) >= 11 is 0. The highest BCUT2D eigenvalue weighted by molar-refractivity contribution is 5.96. The zero-order valence-electron chi connectivity index (χ0n) is 15.9. The number of carbonyl (C=O) groups is 2. The number of halogens is 3. The zero-order valence-corrected chi connectivity index (χ0v) is 15.9. The molecule has 1 aliphatic heterocycles. The van der Waals surface area contributed by atoms with Crippen molar-refractivity contribution in [2.24, 2.45) is 5.92 Å². The summed E-state index contributed by atoms with van der Waals surface area (Å²) in [5, 5.41) is 8.32. The number of nitrogens with one attached hydrogen (secondary N) is 3. The highest BCUT2D eigenvalue weighted by Crippen LogP contribution is 2.23. The molecule has 160 valence electrons. The molecule has 1 atom stereocenters. The summed E-state index contributed by atoms with van der Waals surface area (Å²) in [6.45, 7) is 0.418. The molecule has 11 heteroatoms. The van der Waals surface area contributed by atoms with E-state index in [1.54, 1.807) is 12.1 Å². The van der Waals surface area contributed by atoms with Crippen molar-refractivity contribution in [2.45, 2.75) is 6.42 Å². The number of nitrogens with zero attached hydrogens (tertiary/aromatic N) is 2. The van der Waals surface area contributed by atoms with Crippen LogP contribution in [0.4, 0.5) is 18.9 Å². The second kappa shape index (κ2) is 8.09. The van der Waals surface area contributed by atoms with Crippen LogP contribution in [0.2, 0.25) is 0 Å². The normalized spacial score (nSPS) is 15.8. The summed E-state index contributed by atoms with van der Waals surface area (Å²) < 4.78 is 39.7. The van der Waals surface area contributed by atoms with E-state index in [1.165, 1.54) is 17.2 Å². The van der Waals surface area contributed by atoms with E-state index in [9.17, 15) is 27.6 Å². The molecule has 1 aliphatic rings. The Hall–Kier alpha value is -3.89. The number of anilines is 1. The summed E-state index contributed by atoms with van der Waals surface area (Å²) in [5.74, 6) is -5.88. The van der Waals surface area contributed by atoms with Crippen LogP contribution in [0.15, 0.2) is 41.3 Å². The van der Waals surface area contributed by atoms with Crippen LogP contribution in [0.5, 0.6) is 0 Å². The van der Waals surface area contributed by atoms with Crippen LogP contribution in [0, 0.1) is 23.4 Å². The van der Waals surface area contributed by atoms with Gasteiger partial charge in [-0.3, -0.25) is 14.4 Å². The predicted molar refractivity (Wildman–Crippen MR) is 104 cm³/mol. The maximum atomic E-state index is 13.3. The van der Waals surface area contributed by atoms with E-state index in [0.717, 1.165) is 0 Å². The largest absolute Gasteiger partial charge is 0.350 e. The highest BCUT2D eigenvalue weighted by Gasteiger charge is 2.32. The van der Waals surface area contributed by atoms with E-state index < -0.39 is 29.3 Å². The smallest absolute Gasteiger partial charge is 0.270 e.